The van der Waals surface area contributed by atoms with Crippen LogP contribution in [0.1, 0.15) is 46.3 Å². The maximum atomic E-state index is 14.3. The van der Waals surface area contributed by atoms with Crippen LogP contribution in [-0.2, 0) is 11.2 Å². The van der Waals surface area contributed by atoms with Crippen molar-refractivity contribution in [2.24, 2.45) is 0 Å². The van der Waals surface area contributed by atoms with Crippen LogP contribution in [0.25, 0.3) is 0 Å². The average molecular weight is 459 g/mol. The maximum absolute atomic E-state index is 14.3. The lowest BCUT2D eigenvalue weighted by Gasteiger charge is -2.19. The molecule has 3 aliphatic rings. The normalized spacial score (nSPS) is 23.7. The van der Waals surface area contributed by atoms with Crippen LogP contribution >= 0.6 is 0 Å². The molecule has 1 fully saturated rings. The topological polar surface area (TPSA) is 89.5 Å². The molecule has 6 rings (SSSR count). The van der Waals surface area contributed by atoms with Gasteiger partial charge in [-0.3, -0.25) is 9.59 Å². The van der Waals surface area contributed by atoms with Crippen molar-refractivity contribution in [1.82, 2.24) is 10.3 Å². The number of hydrogen-bond acceptors (Lipinski definition) is 5. The molecule has 3 atom stereocenters. The smallest absolute Gasteiger partial charge is 0.254 e. The van der Waals surface area contributed by atoms with Gasteiger partial charge >= 0.3 is 0 Å². The summed E-state index contributed by atoms with van der Waals surface area (Å²) in [4.78, 5) is 28.7. The summed E-state index contributed by atoms with van der Waals surface area (Å²) in [5, 5.41) is 5.73. The first-order valence-electron chi connectivity index (χ1n) is 11.2. The highest BCUT2D eigenvalue weighted by Crippen LogP contribution is 2.62. The van der Waals surface area contributed by atoms with Crippen LogP contribution in [0.15, 0.2) is 48.7 Å². The molecule has 1 aromatic heterocycles. The lowest BCUT2D eigenvalue weighted by Crippen LogP contribution is -2.34. The zero-order chi connectivity index (χ0) is 23.6. The summed E-state index contributed by atoms with van der Waals surface area (Å²) < 4.78 is 26.6. The average Bonchev–Trinajstić information content (AvgIpc) is 3.22. The molecular formula is C26H22FN3O4. The molecule has 7 nitrogen and oxygen atoms in total. The van der Waals surface area contributed by atoms with Gasteiger partial charge in [0.25, 0.3) is 5.91 Å². The monoisotopic (exact) mass is 459 g/mol. The first kappa shape index (κ1) is 20.7. The highest BCUT2D eigenvalue weighted by Gasteiger charge is 2.70. The summed E-state index contributed by atoms with van der Waals surface area (Å²) in [6, 6.07) is 11.7. The van der Waals surface area contributed by atoms with Crippen molar-refractivity contribution in [3.05, 3.63) is 76.7 Å². The highest BCUT2D eigenvalue weighted by molar-refractivity contribution is 5.96. The third-order valence-electron chi connectivity index (χ3n) is 6.94. The van der Waals surface area contributed by atoms with Crippen molar-refractivity contribution in [3.63, 3.8) is 0 Å². The number of fused-ring (bicyclic) bond motifs is 4. The highest BCUT2D eigenvalue weighted by atomic mass is 19.1. The van der Waals surface area contributed by atoms with Gasteiger partial charge in [-0.15, -0.1) is 0 Å². The molecular weight excluding hydrogens is 437 g/mol. The molecule has 2 aliphatic heterocycles. The van der Waals surface area contributed by atoms with Gasteiger partial charge in [0.1, 0.15) is 34.5 Å². The van der Waals surface area contributed by atoms with Crippen molar-refractivity contribution in [2.45, 2.75) is 44.2 Å². The Morgan fingerprint density at radius 3 is 2.94 bits per heavy atom. The fraction of sp³-hybridized carbons (Fsp3) is 0.269. The Kier molecular flexibility index (Phi) is 4.42. The van der Waals surface area contributed by atoms with E-state index in [9.17, 15) is 14.0 Å². The van der Waals surface area contributed by atoms with Crippen molar-refractivity contribution in [1.29, 1.82) is 0 Å². The van der Waals surface area contributed by atoms with Crippen LogP contribution in [0.4, 0.5) is 10.2 Å². The minimum atomic E-state index is -0.587. The molecule has 0 saturated heterocycles. The number of pyridine rings is 1. The van der Waals surface area contributed by atoms with Gasteiger partial charge in [0, 0.05) is 23.7 Å². The third-order valence-corrected chi connectivity index (χ3v) is 6.94. The minimum absolute atomic E-state index is 0.0569. The number of amides is 2. The number of aromatic nitrogens is 1. The molecule has 0 radical (unpaired) electrons. The van der Waals surface area contributed by atoms with Gasteiger partial charge in [0.15, 0.2) is 0 Å². The van der Waals surface area contributed by atoms with Gasteiger partial charge in [-0.2, -0.15) is 0 Å². The van der Waals surface area contributed by atoms with Crippen LogP contribution in [0.5, 0.6) is 17.2 Å². The van der Waals surface area contributed by atoms with Gasteiger partial charge in [-0.05, 0) is 56.2 Å². The predicted molar refractivity (Wildman–Crippen MR) is 122 cm³/mol. The molecule has 0 bridgehead atoms. The summed E-state index contributed by atoms with van der Waals surface area (Å²) in [7, 11) is 0. The van der Waals surface area contributed by atoms with Gasteiger partial charge in [-0.1, -0.05) is 12.1 Å². The summed E-state index contributed by atoms with van der Waals surface area (Å²) >= 11 is 0. The largest absolute Gasteiger partial charge is 0.484 e. The van der Waals surface area contributed by atoms with Crippen LogP contribution in [0, 0.1) is 12.7 Å². The Balaban J connectivity index is 1.24. The van der Waals surface area contributed by atoms with Crippen molar-refractivity contribution >= 4 is 17.6 Å². The number of carbonyl (C=O) groups excluding carboxylic acids is 2. The summed E-state index contributed by atoms with van der Waals surface area (Å²) in [6.45, 7) is 3.66. The fourth-order valence-corrected chi connectivity index (χ4v) is 5.11. The number of halogens is 1. The quantitative estimate of drug-likeness (QED) is 0.609. The Morgan fingerprint density at radius 1 is 1.26 bits per heavy atom. The van der Waals surface area contributed by atoms with Crippen molar-refractivity contribution in [2.75, 3.05) is 5.32 Å². The molecule has 1 saturated carbocycles. The first-order valence-corrected chi connectivity index (χ1v) is 11.2. The van der Waals surface area contributed by atoms with E-state index in [1.165, 1.54) is 6.07 Å². The Morgan fingerprint density at radius 2 is 2.12 bits per heavy atom. The van der Waals surface area contributed by atoms with E-state index in [0.29, 0.717) is 35.7 Å². The van der Waals surface area contributed by atoms with Crippen LogP contribution in [0.3, 0.4) is 0 Å². The summed E-state index contributed by atoms with van der Waals surface area (Å²) in [5.74, 6) is 1.43. The molecule has 0 spiro atoms. The second kappa shape index (κ2) is 7.28. The molecule has 172 valence electrons. The van der Waals surface area contributed by atoms with Gasteiger partial charge in [0.2, 0.25) is 5.91 Å². The third kappa shape index (κ3) is 3.13. The number of nitrogens with one attached hydrogen (secondary N) is 2. The maximum Gasteiger partial charge on any atom is 0.254 e. The zero-order valence-corrected chi connectivity index (χ0v) is 18.6. The first-order chi connectivity index (χ1) is 16.3. The standard InChI is InChI=1S/C26H22FN3O4/c1-13-4-3-5-17(27)21(13)25(32)30-23-22-16-12-14(6-8-19(16)34-26(22,23)2)33-18-10-11-28-24-15(18)7-9-20(31)29-24/h3-6,8,10-12,22-23H,7,9H2,1-2H3,(H,30,32)(H,28,29,31)/t22-,23-,26?/m0/s1. The van der Waals surface area contributed by atoms with E-state index in [1.54, 1.807) is 31.3 Å². The van der Waals surface area contributed by atoms with E-state index in [0.717, 1.165) is 16.9 Å². The second-order valence-electron chi connectivity index (χ2n) is 9.13. The van der Waals surface area contributed by atoms with Crippen molar-refractivity contribution in [3.8, 4) is 17.2 Å². The SMILES string of the molecule is Cc1cccc(F)c1C(=O)N[C@H]1[C@@H]2c3cc(Oc4ccnc5c4CCC(=O)N5)ccc3OC12C. The van der Waals surface area contributed by atoms with E-state index >= 15 is 0 Å². The molecule has 2 amide bonds. The fourth-order valence-electron chi connectivity index (χ4n) is 5.11. The zero-order valence-electron chi connectivity index (χ0n) is 18.6. The van der Waals surface area contributed by atoms with Crippen molar-refractivity contribution < 1.29 is 23.5 Å². The summed E-state index contributed by atoms with van der Waals surface area (Å²) in [6.07, 6.45) is 2.55. The van der Waals surface area contributed by atoms with Gasteiger partial charge < -0.3 is 20.1 Å². The number of benzene rings is 2. The van der Waals surface area contributed by atoms with E-state index in [1.807, 2.05) is 25.1 Å². The number of anilines is 1. The van der Waals surface area contributed by atoms with Gasteiger partial charge in [0.05, 0.1) is 17.5 Å². The molecule has 2 aromatic carbocycles. The van der Waals surface area contributed by atoms with Crippen LogP contribution < -0.4 is 20.1 Å². The molecule has 2 N–H and O–H groups in total. The number of hydrogen-bond donors (Lipinski definition) is 2. The predicted octanol–water partition coefficient (Wildman–Crippen LogP) is 4.25. The van der Waals surface area contributed by atoms with Gasteiger partial charge in [-0.25, -0.2) is 9.37 Å². The Labute approximate surface area is 195 Å². The summed E-state index contributed by atoms with van der Waals surface area (Å²) in [5.41, 5.74) is 1.85. The molecule has 3 aromatic rings. The molecule has 34 heavy (non-hydrogen) atoms. The number of carbonyl (C=O) groups is 2. The van der Waals surface area contributed by atoms with Crippen LogP contribution in [0.2, 0.25) is 0 Å². The number of ether oxygens (including phenoxy) is 2. The lowest BCUT2D eigenvalue weighted by atomic mass is 10.1. The van der Waals surface area contributed by atoms with E-state index < -0.39 is 17.3 Å². The molecule has 1 aliphatic carbocycles. The molecule has 3 heterocycles. The second-order valence-corrected chi connectivity index (χ2v) is 9.13. The molecule has 8 heteroatoms. The Bertz CT molecular complexity index is 1350. The van der Waals surface area contributed by atoms with E-state index in [4.69, 9.17) is 9.47 Å². The Hall–Kier alpha value is -3.94. The van der Waals surface area contributed by atoms with Crippen LogP contribution in [-0.4, -0.2) is 28.4 Å². The number of rotatable bonds is 4. The van der Waals surface area contributed by atoms with E-state index in [-0.39, 0.29) is 23.4 Å². The van der Waals surface area contributed by atoms with E-state index in [2.05, 4.69) is 15.6 Å². The number of aryl methyl sites for hydroxylation is 1. The minimum Gasteiger partial charge on any atom is -0.484 e. The number of nitrogens with zero attached hydrogens (tertiary/aromatic N) is 1. The lowest BCUT2D eigenvalue weighted by molar-refractivity contribution is -0.116. The molecule has 1 unspecified atom stereocenters.